The minimum Gasteiger partial charge on any atom is -0.497 e. The topological polar surface area (TPSA) is 53.0 Å². The molecule has 1 aliphatic rings. The number of aromatic nitrogens is 1. The zero-order valence-corrected chi connectivity index (χ0v) is 16.6. The predicted molar refractivity (Wildman–Crippen MR) is 108 cm³/mol. The third-order valence-corrected chi connectivity index (χ3v) is 5.26. The molecule has 140 valence electrons. The van der Waals surface area contributed by atoms with Crippen LogP contribution in [-0.4, -0.2) is 55.7 Å². The molecule has 0 saturated carbocycles. The first-order valence-corrected chi connectivity index (χ1v) is 9.85. The summed E-state index contributed by atoms with van der Waals surface area (Å²) in [6.45, 7) is 9.51. The van der Waals surface area contributed by atoms with Crippen molar-refractivity contribution in [2.45, 2.75) is 20.4 Å². The van der Waals surface area contributed by atoms with Crippen LogP contribution in [0.5, 0.6) is 5.75 Å². The molecule has 26 heavy (non-hydrogen) atoms. The van der Waals surface area contributed by atoms with Crippen molar-refractivity contribution in [3.63, 3.8) is 0 Å². The van der Waals surface area contributed by atoms with Gasteiger partial charge in [-0.3, -0.25) is 0 Å². The van der Waals surface area contributed by atoms with Gasteiger partial charge < -0.3 is 19.9 Å². The maximum absolute atomic E-state index is 5.34. The summed E-state index contributed by atoms with van der Waals surface area (Å²) in [4.78, 5) is 15.2. The molecule has 0 bridgehead atoms. The van der Waals surface area contributed by atoms with Gasteiger partial charge in [-0.25, -0.2) is 9.98 Å². The molecule has 0 atom stereocenters. The third-order valence-electron chi connectivity index (χ3n) is 4.37. The molecule has 1 aromatic heterocycles. The molecular formula is C19H27N5OS. The van der Waals surface area contributed by atoms with Crippen molar-refractivity contribution in [3.05, 3.63) is 40.3 Å². The number of anilines is 1. The SMILES string of the molecule is CCNC(=NCc1ncc(C)s1)N1CCN(c2cccc(OC)c2)CC1. The fourth-order valence-corrected chi connectivity index (χ4v) is 3.74. The molecule has 0 radical (unpaired) electrons. The molecule has 2 aromatic rings. The Morgan fingerprint density at radius 1 is 1.31 bits per heavy atom. The zero-order chi connectivity index (χ0) is 18.4. The number of methoxy groups -OCH3 is 1. The van der Waals surface area contributed by atoms with E-state index in [9.17, 15) is 0 Å². The van der Waals surface area contributed by atoms with Crippen LogP contribution in [0.25, 0.3) is 0 Å². The first-order chi connectivity index (χ1) is 12.7. The van der Waals surface area contributed by atoms with Crippen molar-refractivity contribution >= 4 is 23.0 Å². The summed E-state index contributed by atoms with van der Waals surface area (Å²) in [5.74, 6) is 1.88. The molecular weight excluding hydrogens is 346 g/mol. The van der Waals surface area contributed by atoms with Crippen molar-refractivity contribution in [2.75, 3.05) is 44.7 Å². The predicted octanol–water partition coefficient (Wildman–Crippen LogP) is 2.75. The van der Waals surface area contributed by atoms with Crippen LogP contribution in [0.3, 0.4) is 0 Å². The Morgan fingerprint density at radius 2 is 2.12 bits per heavy atom. The lowest BCUT2D eigenvalue weighted by Crippen LogP contribution is -2.52. The van der Waals surface area contributed by atoms with E-state index < -0.39 is 0 Å². The molecule has 2 heterocycles. The van der Waals surface area contributed by atoms with Crippen LogP contribution < -0.4 is 15.0 Å². The number of hydrogen-bond acceptors (Lipinski definition) is 5. The number of piperazine rings is 1. The quantitative estimate of drug-likeness (QED) is 0.645. The Morgan fingerprint density at radius 3 is 2.77 bits per heavy atom. The van der Waals surface area contributed by atoms with Crippen LogP contribution in [0.4, 0.5) is 5.69 Å². The molecule has 0 unspecified atom stereocenters. The molecule has 1 aliphatic heterocycles. The molecule has 7 heteroatoms. The largest absolute Gasteiger partial charge is 0.497 e. The second-order valence-electron chi connectivity index (χ2n) is 6.21. The van der Waals surface area contributed by atoms with Crippen LogP contribution in [0.1, 0.15) is 16.8 Å². The van der Waals surface area contributed by atoms with Gasteiger partial charge in [0.05, 0.1) is 13.7 Å². The molecule has 1 N–H and O–H groups in total. The summed E-state index contributed by atoms with van der Waals surface area (Å²) < 4.78 is 5.34. The van der Waals surface area contributed by atoms with Gasteiger partial charge in [0.25, 0.3) is 0 Å². The summed E-state index contributed by atoms with van der Waals surface area (Å²) in [5.41, 5.74) is 1.21. The molecule has 1 aromatic carbocycles. The maximum Gasteiger partial charge on any atom is 0.194 e. The molecule has 1 saturated heterocycles. The summed E-state index contributed by atoms with van der Waals surface area (Å²) in [7, 11) is 1.71. The molecule has 0 amide bonds. The Kier molecular flexibility index (Phi) is 6.33. The minimum atomic E-state index is 0.636. The van der Waals surface area contributed by atoms with Crippen LogP contribution in [0.15, 0.2) is 35.5 Å². The lowest BCUT2D eigenvalue weighted by molar-refractivity contribution is 0.372. The Labute approximate surface area is 159 Å². The lowest BCUT2D eigenvalue weighted by Gasteiger charge is -2.37. The Bertz CT molecular complexity index is 737. The highest BCUT2D eigenvalue weighted by molar-refractivity contribution is 7.11. The average molecular weight is 374 g/mol. The van der Waals surface area contributed by atoms with Crippen molar-refractivity contribution in [1.29, 1.82) is 0 Å². The van der Waals surface area contributed by atoms with Crippen molar-refractivity contribution < 1.29 is 4.74 Å². The van der Waals surface area contributed by atoms with Gasteiger partial charge in [-0.1, -0.05) is 6.07 Å². The maximum atomic E-state index is 5.34. The highest BCUT2D eigenvalue weighted by Gasteiger charge is 2.20. The van der Waals surface area contributed by atoms with E-state index in [1.54, 1.807) is 18.4 Å². The Balaban J connectivity index is 1.62. The van der Waals surface area contributed by atoms with E-state index in [1.165, 1.54) is 10.6 Å². The van der Waals surface area contributed by atoms with Gasteiger partial charge in [-0.15, -0.1) is 11.3 Å². The average Bonchev–Trinajstić information content (AvgIpc) is 3.10. The van der Waals surface area contributed by atoms with Crippen molar-refractivity contribution in [2.24, 2.45) is 4.99 Å². The normalized spacial score (nSPS) is 15.3. The first-order valence-electron chi connectivity index (χ1n) is 9.03. The number of rotatable bonds is 5. The van der Waals surface area contributed by atoms with Crippen LogP contribution >= 0.6 is 11.3 Å². The van der Waals surface area contributed by atoms with Gasteiger partial charge in [0.1, 0.15) is 10.8 Å². The van der Waals surface area contributed by atoms with Crippen LogP contribution in [0.2, 0.25) is 0 Å². The second-order valence-corrected chi connectivity index (χ2v) is 7.53. The van der Waals surface area contributed by atoms with E-state index in [2.05, 4.69) is 46.1 Å². The van der Waals surface area contributed by atoms with Crippen molar-refractivity contribution in [3.8, 4) is 5.75 Å². The van der Waals surface area contributed by atoms with E-state index in [1.807, 2.05) is 18.3 Å². The van der Waals surface area contributed by atoms with Gasteiger partial charge in [0.2, 0.25) is 0 Å². The van der Waals surface area contributed by atoms with E-state index in [4.69, 9.17) is 9.73 Å². The number of hydrogen-bond donors (Lipinski definition) is 1. The third kappa shape index (κ3) is 4.66. The summed E-state index contributed by atoms with van der Waals surface area (Å²) >= 11 is 1.71. The number of nitrogens with one attached hydrogen (secondary N) is 1. The van der Waals surface area contributed by atoms with E-state index in [0.717, 1.165) is 49.4 Å². The van der Waals surface area contributed by atoms with Gasteiger partial charge in [-0.2, -0.15) is 0 Å². The zero-order valence-electron chi connectivity index (χ0n) is 15.7. The highest BCUT2D eigenvalue weighted by Crippen LogP contribution is 2.22. The first kappa shape index (κ1) is 18.5. The minimum absolute atomic E-state index is 0.636. The molecule has 1 fully saturated rings. The standard InChI is InChI=1S/C19H27N5OS/c1-4-20-19(22-14-18-21-13-15(2)26-18)24-10-8-23(9-11-24)16-6-5-7-17(12-16)25-3/h5-7,12-13H,4,8-11,14H2,1-3H3,(H,20,22). The smallest absolute Gasteiger partial charge is 0.194 e. The van der Waals surface area contributed by atoms with Gasteiger partial charge in [0.15, 0.2) is 5.96 Å². The summed E-state index contributed by atoms with van der Waals surface area (Å²) in [6.07, 6.45) is 1.91. The highest BCUT2D eigenvalue weighted by atomic mass is 32.1. The van der Waals surface area contributed by atoms with Gasteiger partial charge in [-0.05, 0) is 26.0 Å². The van der Waals surface area contributed by atoms with Gasteiger partial charge in [0, 0.05) is 55.6 Å². The molecule has 0 spiro atoms. The lowest BCUT2D eigenvalue weighted by atomic mass is 10.2. The van der Waals surface area contributed by atoms with Gasteiger partial charge >= 0.3 is 0 Å². The van der Waals surface area contributed by atoms with E-state index in [0.29, 0.717) is 6.54 Å². The fourth-order valence-electron chi connectivity index (χ4n) is 3.03. The fraction of sp³-hybridized carbons (Fsp3) is 0.474. The number of aliphatic imine (C=N–C) groups is 1. The number of guanidine groups is 1. The number of ether oxygens (including phenoxy) is 1. The molecule has 0 aliphatic carbocycles. The van der Waals surface area contributed by atoms with Crippen LogP contribution in [-0.2, 0) is 6.54 Å². The summed E-state index contributed by atoms with van der Waals surface area (Å²) in [6, 6.07) is 8.26. The van der Waals surface area contributed by atoms with E-state index in [-0.39, 0.29) is 0 Å². The number of benzene rings is 1. The van der Waals surface area contributed by atoms with E-state index >= 15 is 0 Å². The molecule has 6 nitrogen and oxygen atoms in total. The van der Waals surface area contributed by atoms with Crippen molar-refractivity contribution in [1.82, 2.24) is 15.2 Å². The number of thiazole rings is 1. The monoisotopic (exact) mass is 373 g/mol. The Hall–Kier alpha value is -2.28. The molecule has 3 rings (SSSR count). The number of nitrogens with zero attached hydrogens (tertiary/aromatic N) is 4. The second kappa shape index (κ2) is 8.89. The number of aryl methyl sites for hydroxylation is 1. The summed E-state index contributed by atoms with van der Waals surface area (Å²) in [5, 5.41) is 4.48. The van der Waals surface area contributed by atoms with Crippen LogP contribution in [0, 0.1) is 6.92 Å².